The Morgan fingerprint density at radius 1 is 0.810 bits per heavy atom. The predicted molar refractivity (Wildman–Crippen MR) is 202 cm³/mol. The molecule has 0 radical (unpaired) electrons. The summed E-state index contributed by atoms with van der Waals surface area (Å²) >= 11 is 0. The summed E-state index contributed by atoms with van der Waals surface area (Å²) in [4.78, 5) is 67.4. The van der Waals surface area contributed by atoms with Crippen LogP contribution < -0.4 is 16.0 Å². The number of aromatic nitrogens is 8. The number of carbonyl (C=O) groups excluding carboxylic acids is 4. The molecule has 58 heavy (non-hydrogen) atoms. The lowest BCUT2D eigenvalue weighted by Crippen LogP contribution is -2.29. The average molecular weight is 782 g/mol. The van der Waals surface area contributed by atoms with Crippen molar-refractivity contribution < 1.29 is 28.3 Å². The molecule has 3 amide bonds. The van der Waals surface area contributed by atoms with Crippen molar-refractivity contribution in [2.75, 3.05) is 7.11 Å². The van der Waals surface area contributed by atoms with E-state index in [0.29, 0.717) is 17.0 Å². The van der Waals surface area contributed by atoms with E-state index >= 15 is 0 Å². The third-order valence-electron chi connectivity index (χ3n) is 8.26. The van der Waals surface area contributed by atoms with E-state index in [-0.39, 0.29) is 47.1 Å². The molecule has 0 spiro atoms. The first kappa shape index (κ1) is 40.9. The number of nitrogens with zero attached hydrogens (tertiary/aromatic N) is 9. The van der Waals surface area contributed by atoms with Gasteiger partial charge >= 0.3 is 5.97 Å². The van der Waals surface area contributed by atoms with Crippen molar-refractivity contribution in [1.82, 2.24) is 56.5 Å². The second-order valence-electron chi connectivity index (χ2n) is 12.1. The summed E-state index contributed by atoms with van der Waals surface area (Å²) in [6, 6.07) is 22.2. The van der Waals surface area contributed by atoms with Gasteiger partial charge in [0.05, 0.1) is 37.4 Å². The van der Waals surface area contributed by atoms with E-state index in [1.807, 2.05) is 44.2 Å². The van der Waals surface area contributed by atoms with Gasteiger partial charge in [-0.3, -0.25) is 14.4 Å². The summed E-state index contributed by atoms with van der Waals surface area (Å²) in [5.74, 6) is -2.25. The number of rotatable bonds is 11. The summed E-state index contributed by atoms with van der Waals surface area (Å²) in [6.07, 6.45) is 2.26. The number of hydrogen-bond donors (Lipinski definition) is 4. The highest BCUT2D eigenvalue weighted by Gasteiger charge is 2.18. The Labute approximate surface area is 329 Å². The molecule has 0 aliphatic carbocycles. The van der Waals surface area contributed by atoms with Gasteiger partial charge < -0.3 is 20.7 Å². The van der Waals surface area contributed by atoms with E-state index < -0.39 is 29.5 Å². The number of aromatic amines is 1. The number of nitrogens with one attached hydrogen (secondary N) is 4. The molecular formula is C39H32FN13O5. The van der Waals surface area contributed by atoms with E-state index in [2.05, 4.69) is 66.1 Å². The molecule has 4 N–H and O–H groups in total. The van der Waals surface area contributed by atoms with Crippen LogP contribution in [-0.4, -0.2) is 71.4 Å². The van der Waals surface area contributed by atoms with Crippen molar-refractivity contribution in [3.8, 4) is 17.5 Å². The van der Waals surface area contributed by atoms with Gasteiger partial charge in [-0.1, -0.05) is 42.5 Å². The molecule has 3 aromatic heterocycles. The van der Waals surface area contributed by atoms with Crippen molar-refractivity contribution in [2.45, 2.75) is 32.5 Å². The fourth-order valence-electron chi connectivity index (χ4n) is 5.09. The number of H-pyrrole nitrogens is 1. The number of nitriles is 1. The minimum absolute atomic E-state index is 0.00483. The smallest absolute Gasteiger partial charge is 0.356 e. The summed E-state index contributed by atoms with van der Waals surface area (Å²) in [5, 5.41) is 30.8. The first-order chi connectivity index (χ1) is 28.0. The number of amides is 3. The molecule has 0 fully saturated rings. The highest BCUT2D eigenvalue weighted by atomic mass is 19.1. The molecular weight excluding hydrogens is 750 g/mol. The van der Waals surface area contributed by atoms with Crippen LogP contribution in [0.15, 0.2) is 91.5 Å². The van der Waals surface area contributed by atoms with Crippen molar-refractivity contribution in [1.29, 1.82) is 5.26 Å². The highest BCUT2D eigenvalue weighted by Crippen LogP contribution is 2.20. The van der Waals surface area contributed by atoms with Gasteiger partial charge in [0.2, 0.25) is 11.5 Å². The normalized spacial score (nSPS) is 11.3. The Hall–Kier alpha value is -8.32. The molecule has 18 nitrogen and oxygen atoms in total. The number of carbonyl (C=O) groups is 4. The van der Waals surface area contributed by atoms with E-state index in [9.17, 15) is 23.6 Å². The standard InChI is InChI=1S/C23H18FN9O2.C16H14N4O3/c1-13(15-4-6-16(7-5-15)21-30-32-33-31-21)29-23(35)20-10-19(27-12-28-20)22(34)26-11-14-3-8-17(24)18(9-14)25-2;1-10(12-5-3-11(8-17)4-6-12)20-15(21)13-7-14(16(22)23-2)19-9-18-13/h3-10,12-13H,11H2,1H3,(H,26,34)(H,29,35)(H,30,31,32,33);3-7,9-10H,1-2H3,(H,20,21)/t13-;10-/m00/s1. The molecule has 0 aliphatic rings. The van der Waals surface area contributed by atoms with Gasteiger partial charge in [0.15, 0.2) is 5.69 Å². The van der Waals surface area contributed by atoms with E-state index in [1.54, 1.807) is 24.3 Å². The zero-order chi connectivity index (χ0) is 41.6. The fraction of sp³-hybridized carbons (Fsp3) is 0.154. The molecule has 290 valence electrons. The van der Waals surface area contributed by atoms with E-state index in [4.69, 9.17) is 11.8 Å². The fourth-order valence-corrected chi connectivity index (χ4v) is 5.09. The Kier molecular flexibility index (Phi) is 13.6. The maximum absolute atomic E-state index is 13.5. The van der Waals surface area contributed by atoms with Gasteiger partial charge in [-0.2, -0.15) is 10.5 Å². The van der Waals surface area contributed by atoms with Crippen LogP contribution in [-0.2, 0) is 11.3 Å². The lowest BCUT2D eigenvalue weighted by molar-refractivity contribution is 0.0593. The Morgan fingerprint density at radius 3 is 1.90 bits per heavy atom. The number of hydrogen-bond acceptors (Lipinski definition) is 13. The van der Waals surface area contributed by atoms with Crippen molar-refractivity contribution in [3.05, 3.63) is 154 Å². The monoisotopic (exact) mass is 781 g/mol. The zero-order valence-corrected chi connectivity index (χ0v) is 31.0. The maximum atomic E-state index is 13.5. The molecule has 0 aliphatic heterocycles. The van der Waals surface area contributed by atoms with Crippen LogP contribution >= 0.6 is 0 Å². The van der Waals surface area contributed by atoms with E-state index in [0.717, 1.165) is 29.3 Å². The first-order valence-corrected chi connectivity index (χ1v) is 17.1. The summed E-state index contributed by atoms with van der Waals surface area (Å²) in [7, 11) is 1.23. The number of benzene rings is 3. The first-order valence-electron chi connectivity index (χ1n) is 17.1. The molecule has 19 heteroatoms. The number of ether oxygens (including phenoxy) is 1. The van der Waals surface area contributed by atoms with Crippen LogP contribution in [0.25, 0.3) is 16.2 Å². The van der Waals surface area contributed by atoms with Crippen LogP contribution in [0, 0.1) is 23.7 Å². The number of methoxy groups -OCH3 is 1. The lowest BCUT2D eigenvalue weighted by atomic mass is 10.1. The Morgan fingerprint density at radius 2 is 1.36 bits per heavy atom. The molecule has 0 saturated heterocycles. The summed E-state index contributed by atoms with van der Waals surface area (Å²) < 4.78 is 18.0. The SMILES string of the molecule is COC(=O)c1cc(C(=O)N[C@@H](C)c2ccc(C#N)cc2)ncn1.[C-]#[N+]c1cc(CNC(=O)c2cc(C(=O)N[C@@H](C)c3ccc(-c4nn[nH]n4)cc3)ncn2)ccc1F. The van der Waals surface area contributed by atoms with Crippen LogP contribution in [0.5, 0.6) is 0 Å². The molecule has 0 unspecified atom stereocenters. The molecule has 2 atom stereocenters. The molecule has 3 heterocycles. The van der Waals surface area contributed by atoms with Gasteiger partial charge in [-0.15, -0.1) is 10.2 Å². The second kappa shape index (κ2) is 19.3. The van der Waals surface area contributed by atoms with Gasteiger partial charge in [0.1, 0.15) is 35.6 Å². The maximum Gasteiger partial charge on any atom is 0.356 e. The molecule has 6 rings (SSSR count). The molecule has 0 bridgehead atoms. The zero-order valence-electron chi connectivity index (χ0n) is 31.0. The number of esters is 1. The molecule has 3 aromatic carbocycles. The summed E-state index contributed by atoms with van der Waals surface area (Å²) in [6.45, 7) is 10.7. The van der Waals surface area contributed by atoms with Crippen LogP contribution in [0.4, 0.5) is 10.1 Å². The lowest BCUT2D eigenvalue weighted by Gasteiger charge is -2.14. The van der Waals surface area contributed by atoms with Crippen molar-refractivity contribution >= 4 is 29.4 Å². The highest BCUT2D eigenvalue weighted by molar-refractivity contribution is 5.97. The average Bonchev–Trinajstić information content (AvgIpc) is 3.81. The molecule has 0 saturated carbocycles. The van der Waals surface area contributed by atoms with E-state index in [1.165, 1.54) is 37.4 Å². The number of halogens is 1. The topological polar surface area (TPSA) is 248 Å². The van der Waals surface area contributed by atoms with Crippen LogP contribution in [0.1, 0.15) is 90.1 Å². The minimum atomic E-state index is -0.637. The molecule has 6 aromatic rings. The van der Waals surface area contributed by atoms with Gasteiger partial charge in [0.25, 0.3) is 17.7 Å². The number of tetrazole rings is 1. The summed E-state index contributed by atoms with van der Waals surface area (Å²) in [5.41, 5.74) is 3.54. The van der Waals surface area contributed by atoms with Crippen LogP contribution in [0.3, 0.4) is 0 Å². The Bertz CT molecular complexity index is 2500. The quantitative estimate of drug-likeness (QED) is 0.105. The van der Waals surface area contributed by atoms with Crippen LogP contribution in [0.2, 0.25) is 0 Å². The van der Waals surface area contributed by atoms with Crippen molar-refractivity contribution in [2.24, 2.45) is 0 Å². The van der Waals surface area contributed by atoms with Gasteiger partial charge in [-0.25, -0.2) is 34.0 Å². The van der Waals surface area contributed by atoms with Gasteiger partial charge in [-0.05, 0) is 60.0 Å². The Balaban J connectivity index is 0.000000242. The van der Waals surface area contributed by atoms with Gasteiger partial charge in [0, 0.05) is 24.2 Å². The third kappa shape index (κ3) is 10.7. The minimum Gasteiger partial charge on any atom is -0.464 e. The largest absolute Gasteiger partial charge is 0.464 e. The van der Waals surface area contributed by atoms with Crippen molar-refractivity contribution in [3.63, 3.8) is 0 Å². The predicted octanol–water partition coefficient (Wildman–Crippen LogP) is 4.39. The third-order valence-corrected chi connectivity index (χ3v) is 8.26. The second-order valence-corrected chi connectivity index (χ2v) is 12.1.